The van der Waals surface area contributed by atoms with Gasteiger partial charge >= 0.3 is 0 Å². The predicted octanol–water partition coefficient (Wildman–Crippen LogP) is 1.17. The fraction of sp³-hybridized carbons (Fsp3) is 0.400. The summed E-state index contributed by atoms with van der Waals surface area (Å²) in [6.45, 7) is 7.31. The van der Waals surface area contributed by atoms with Crippen LogP contribution in [0, 0.1) is 0 Å². The van der Waals surface area contributed by atoms with E-state index in [0.717, 1.165) is 5.57 Å². The second-order valence-electron chi connectivity index (χ2n) is 3.06. The molecular formula is C10H14O2. The van der Waals surface area contributed by atoms with Gasteiger partial charge in [0.1, 0.15) is 0 Å². The minimum absolute atomic E-state index is 0.396. The quantitative estimate of drug-likeness (QED) is 0.614. The second kappa shape index (κ2) is 3.70. The summed E-state index contributed by atoms with van der Waals surface area (Å²) in [5.41, 5.74) is 1.61. The van der Waals surface area contributed by atoms with Crippen LogP contribution in [0.4, 0.5) is 0 Å². The van der Waals surface area contributed by atoms with Gasteiger partial charge in [-0.25, -0.2) is 0 Å². The van der Waals surface area contributed by atoms with Crippen molar-refractivity contribution in [1.29, 1.82) is 0 Å². The molecule has 0 aromatic heterocycles. The summed E-state index contributed by atoms with van der Waals surface area (Å²) in [5.74, 6) is 0. The number of allylic oxidation sites excluding steroid dienone is 2. The van der Waals surface area contributed by atoms with Crippen molar-refractivity contribution in [1.82, 2.24) is 0 Å². The molecule has 0 aromatic carbocycles. The van der Waals surface area contributed by atoms with Crippen LogP contribution in [-0.2, 0) is 0 Å². The van der Waals surface area contributed by atoms with Gasteiger partial charge in [0.25, 0.3) is 0 Å². The summed E-state index contributed by atoms with van der Waals surface area (Å²) in [5, 5.41) is 18.7. The molecule has 1 rings (SSSR count). The van der Waals surface area contributed by atoms with E-state index in [1.165, 1.54) is 0 Å². The third-order valence-corrected chi connectivity index (χ3v) is 2.08. The average molecular weight is 166 g/mol. The third kappa shape index (κ3) is 1.84. The van der Waals surface area contributed by atoms with Crippen LogP contribution < -0.4 is 0 Å². The van der Waals surface area contributed by atoms with Crippen LogP contribution in [0.2, 0.25) is 0 Å². The Labute approximate surface area is 72.5 Å². The lowest BCUT2D eigenvalue weighted by Crippen LogP contribution is -2.26. The molecule has 1 aliphatic carbocycles. The molecule has 0 saturated heterocycles. The van der Waals surface area contributed by atoms with Crippen molar-refractivity contribution in [3.8, 4) is 0 Å². The van der Waals surface area contributed by atoms with E-state index in [0.29, 0.717) is 18.4 Å². The van der Waals surface area contributed by atoms with E-state index in [4.69, 9.17) is 0 Å². The molecule has 0 bridgehead atoms. The van der Waals surface area contributed by atoms with E-state index in [1.54, 1.807) is 12.2 Å². The van der Waals surface area contributed by atoms with Gasteiger partial charge in [0, 0.05) is 6.42 Å². The molecule has 1 aliphatic rings. The lowest BCUT2D eigenvalue weighted by Gasteiger charge is -2.26. The predicted molar refractivity (Wildman–Crippen MR) is 48.7 cm³/mol. The molecule has 0 spiro atoms. The van der Waals surface area contributed by atoms with Gasteiger partial charge in [-0.2, -0.15) is 0 Å². The minimum atomic E-state index is -0.597. The molecule has 1 saturated carbocycles. The summed E-state index contributed by atoms with van der Waals surface area (Å²) < 4.78 is 0. The molecule has 0 aliphatic heterocycles. The molecule has 2 unspecified atom stereocenters. The van der Waals surface area contributed by atoms with Crippen molar-refractivity contribution in [2.45, 2.75) is 25.0 Å². The zero-order valence-electron chi connectivity index (χ0n) is 7.03. The number of aliphatic hydroxyl groups is 2. The molecule has 2 nitrogen and oxygen atoms in total. The highest BCUT2D eigenvalue weighted by Gasteiger charge is 2.24. The maximum Gasteiger partial charge on any atom is 0.0811 e. The molecular weight excluding hydrogens is 152 g/mol. The average Bonchev–Trinajstić information content (AvgIpc) is 2.00. The van der Waals surface area contributed by atoms with E-state index >= 15 is 0 Å². The van der Waals surface area contributed by atoms with Gasteiger partial charge in [0.05, 0.1) is 12.2 Å². The molecule has 0 heterocycles. The van der Waals surface area contributed by atoms with Crippen LogP contribution in [0.15, 0.2) is 36.5 Å². The lowest BCUT2D eigenvalue weighted by molar-refractivity contribution is 0.0862. The Morgan fingerprint density at radius 2 is 2.08 bits per heavy atom. The van der Waals surface area contributed by atoms with E-state index in [1.807, 2.05) is 0 Å². The summed E-state index contributed by atoms with van der Waals surface area (Å²) in [4.78, 5) is 0. The Balaban J connectivity index is 2.79. The number of rotatable bonds is 1. The van der Waals surface area contributed by atoms with Crippen LogP contribution in [0.5, 0.6) is 0 Å². The molecule has 0 amide bonds. The van der Waals surface area contributed by atoms with E-state index in [-0.39, 0.29) is 0 Å². The van der Waals surface area contributed by atoms with Gasteiger partial charge in [-0.1, -0.05) is 25.3 Å². The summed E-state index contributed by atoms with van der Waals surface area (Å²) in [7, 11) is 0. The summed E-state index contributed by atoms with van der Waals surface area (Å²) >= 11 is 0. The number of hydrogen-bond donors (Lipinski definition) is 2. The van der Waals surface area contributed by atoms with E-state index in [2.05, 4.69) is 13.2 Å². The van der Waals surface area contributed by atoms with Crippen molar-refractivity contribution in [3.05, 3.63) is 36.5 Å². The maximum atomic E-state index is 9.41. The molecule has 2 N–H and O–H groups in total. The summed E-state index contributed by atoms with van der Waals surface area (Å²) in [6.07, 6.45) is 3.35. The van der Waals surface area contributed by atoms with Gasteiger partial charge < -0.3 is 10.2 Å². The largest absolute Gasteiger partial charge is 0.393 e. The molecule has 66 valence electrons. The van der Waals surface area contributed by atoms with Crippen molar-refractivity contribution in [2.24, 2.45) is 0 Å². The van der Waals surface area contributed by atoms with Crippen LogP contribution in [0.3, 0.4) is 0 Å². The fourth-order valence-electron chi connectivity index (χ4n) is 1.40. The van der Waals surface area contributed by atoms with E-state index in [9.17, 15) is 10.2 Å². The smallest absolute Gasteiger partial charge is 0.0811 e. The molecule has 1 fully saturated rings. The maximum absolute atomic E-state index is 9.41. The van der Waals surface area contributed by atoms with Crippen LogP contribution in [0.25, 0.3) is 0 Å². The summed E-state index contributed by atoms with van der Waals surface area (Å²) in [6, 6.07) is 0. The van der Waals surface area contributed by atoms with Gasteiger partial charge in [-0.3, -0.25) is 0 Å². The van der Waals surface area contributed by atoms with Crippen molar-refractivity contribution < 1.29 is 10.2 Å². The monoisotopic (exact) mass is 166 g/mol. The van der Waals surface area contributed by atoms with Crippen molar-refractivity contribution in [3.63, 3.8) is 0 Å². The number of aliphatic hydroxyl groups excluding tert-OH is 2. The van der Waals surface area contributed by atoms with Crippen LogP contribution in [-0.4, -0.2) is 22.4 Å². The molecule has 0 aromatic rings. The van der Waals surface area contributed by atoms with Gasteiger partial charge in [-0.05, 0) is 17.6 Å². The minimum Gasteiger partial charge on any atom is -0.393 e. The van der Waals surface area contributed by atoms with E-state index < -0.39 is 12.2 Å². The first-order valence-electron chi connectivity index (χ1n) is 4.02. The molecule has 12 heavy (non-hydrogen) atoms. The number of hydrogen-bond acceptors (Lipinski definition) is 2. The molecule has 0 radical (unpaired) electrons. The first-order chi connectivity index (χ1) is 5.65. The third-order valence-electron chi connectivity index (χ3n) is 2.08. The Hall–Kier alpha value is -0.860. The Bertz CT molecular complexity index is 228. The Kier molecular flexibility index (Phi) is 2.84. The van der Waals surface area contributed by atoms with Gasteiger partial charge in [0.15, 0.2) is 0 Å². The van der Waals surface area contributed by atoms with Crippen LogP contribution >= 0.6 is 0 Å². The topological polar surface area (TPSA) is 40.5 Å². The lowest BCUT2D eigenvalue weighted by atomic mass is 9.86. The van der Waals surface area contributed by atoms with Crippen molar-refractivity contribution in [2.75, 3.05) is 0 Å². The normalized spacial score (nSPS) is 33.8. The van der Waals surface area contributed by atoms with Crippen molar-refractivity contribution >= 4 is 0 Å². The first-order valence-corrected chi connectivity index (χ1v) is 4.02. The molecule has 2 atom stereocenters. The van der Waals surface area contributed by atoms with Gasteiger partial charge in [0.2, 0.25) is 0 Å². The molecule has 2 heteroatoms. The zero-order chi connectivity index (χ0) is 9.14. The SMILES string of the molecule is C=CC=C1CC(O)CC(O)C1=C. The van der Waals surface area contributed by atoms with Crippen LogP contribution in [0.1, 0.15) is 12.8 Å². The van der Waals surface area contributed by atoms with Gasteiger partial charge in [-0.15, -0.1) is 0 Å². The zero-order valence-corrected chi connectivity index (χ0v) is 7.03. The highest BCUT2D eigenvalue weighted by Crippen LogP contribution is 2.27. The highest BCUT2D eigenvalue weighted by molar-refractivity contribution is 5.36. The highest BCUT2D eigenvalue weighted by atomic mass is 16.3. The standard InChI is InChI=1S/C10H14O2/c1-3-4-8-5-9(11)6-10(12)7(8)2/h3-4,9-12H,1-2,5-6H2. The Morgan fingerprint density at radius 3 is 2.67 bits per heavy atom. The fourth-order valence-corrected chi connectivity index (χ4v) is 1.40. The first kappa shape index (κ1) is 9.23. The second-order valence-corrected chi connectivity index (χ2v) is 3.06. The Morgan fingerprint density at radius 1 is 1.42 bits per heavy atom.